The molecule has 2 rings (SSSR count). The van der Waals surface area contributed by atoms with Crippen LogP contribution in [0.1, 0.15) is 16.7 Å². The number of nitrogens with one attached hydrogen (secondary N) is 1. The van der Waals surface area contributed by atoms with Crippen molar-refractivity contribution < 1.29 is 5.11 Å². The highest BCUT2D eigenvalue weighted by atomic mass is 16.3. The van der Waals surface area contributed by atoms with Gasteiger partial charge in [0, 0.05) is 6.54 Å². The summed E-state index contributed by atoms with van der Waals surface area (Å²) in [6.45, 7) is 0.662. The molecule has 0 saturated carbocycles. The molecule has 0 atom stereocenters. The maximum absolute atomic E-state index is 8.97. The second-order valence-electron chi connectivity index (χ2n) is 4.24. The molecule has 4 nitrogen and oxygen atoms in total. The van der Waals surface area contributed by atoms with E-state index >= 15 is 0 Å². The minimum Gasteiger partial charge on any atom is -0.397 e. The predicted molar refractivity (Wildman–Crippen MR) is 75.3 cm³/mol. The lowest BCUT2D eigenvalue weighted by Gasteiger charge is -2.10. The lowest BCUT2D eigenvalue weighted by Crippen LogP contribution is -2.03. The first-order chi connectivity index (χ1) is 9.22. The average Bonchev–Trinajstić information content (AvgIpc) is 2.47. The summed E-state index contributed by atoms with van der Waals surface area (Å²) in [4.78, 5) is 0. The molecule has 0 radical (unpaired) electrons. The summed E-state index contributed by atoms with van der Waals surface area (Å²) in [5.41, 5.74) is 9.76. The minimum absolute atomic E-state index is 0.0465. The predicted octanol–water partition coefficient (Wildman–Crippen LogP) is 2.24. The van der Waals surface area contributed by atoms with Crippen LogP contribution in [0.25, 0.3) is 0 Å². The summed E-state index contributed by atoms with van der Waals surface area (Å²) in [5, 5.41) is 21.0. The van der Waals surface area contributed by atoms with Gasteiger partial charge < -0.3 is 16.2 Å². The molecule has 2 aromatic rings. The van der Waals surface area contributed by atoms with E-state index in [1.807, 2.05) is 24.3 Å². The lowest BCUT2D eigenvalue weighted by molar-refractivity contribution is 0.282. The number of anilines is 2. The summed E-state index contributed by atoms with van der Waals surface area (Å²) < 4.78 is 0. The molecule has 0 unspecified atom stereocenters. The molecule has 0 fully saturated rings. The van der Waals surface area contributed by atoms with Crippen molar-refractivity contribution in [1.29, 1.82) is 5.26 Å². The first-order valence-corrected chi connectivity index (χ1v) is 5.95. The van der Waals surface area contributed by atoms with Gasteiger partial charge in [0.25, 0.3) is 0 Å². The van der Waals surface area contributed by atoms with Crippen LogP contribution in [0.2, 0.25) is 0 Å². The van der Waals surface area contributed by atoms with Gasteiger partial charge in [-0.05, 0) is 29.3 Å². The summed E-state index contributed by atoms with van der Waals surface area (Å²) in [6, 6.07) is 14.9. The van der Waals surface area contributed by atoms with Crippen LogP contribution in [0.4, 0.5) is 11.4 Å². The largest absolute Gasteiger partial charge is 0.397 e. The highest BCUT2D eigenvalue weighted by Gasteiger charge is 2.01. The van der Waals surface area contributed by atoms with Crippen molar-refractivity contribution in [3.05, 3.63) is 59.2 Å². The zero-order valence-corrected chi connectivity index (χ0v) is 10.4. The number of aliphatic hydroxyl groups excluding tert-OH is 1. The van der Waals surface area contributed by atoms with E-state index in [4.69, 9.17) is 16.1 Å². The number of nitrogen functional groups attached to an aromatic ring is 1. The summed E-state index contributed by atoms with van der Waals surface area (Å²) in [7, 11) is 0. The van der Waals surface area contributed by atoms with E-state index in [1.165, 1.54) is 0 Å². The van der Waals surface area contributed by atoms with Gasteiger partial charge in [-0.1, -0.05) is 24.3 Å². The third-order valence-corrected chi connectivity index (χ3v) is 2.87. The van der Waals surface area contributed by atoms with Crippen LogP contribution < -0.4 is 11.1 Å². The molecule has 0 heterocycles. The fraction of sp³-hybridized carbons (Fsp3) is 0.133. The molecule has 0 aliphatic heterocycles. The monoisotopic (exact) mass is 253 g/mol. The zero-order valence-electron chi connectivity index (χ0n) is 10.4. The van der Waals surface area contributed by atoms with E-state index in [0.29, 0.717) is 17.8 Å². The van der Waals surface area contributed by atoms with Crippen molar-refractivity contribution >= 4 is 11.4 Å². The van der Waals surface area contributed by atoms with E-state index in [9.17, 15) is 0 Å². The quantitative estimate of drug-likeness (QED) is 0.730. The Hall–Kier alpha value is -2.51. The van der Waals surface area contributed by atoms with Crippen LogP contribution in [0.3, 0.4) is 0 Å². The molecule has 0 spiro atoms. The van der Waals surface area contributed by atoms with E-state index in [-0.39, 0.29) is 6.61 Å². The van der Waals surface area contributed by atoms with Crippen LogP contribution in [0, 0.1) is 11.3 Å². The molecule has 0 saturated heterocycles. The first-order valence-electron chi connectivity index (χ1n) is 5.95. The Morgan fingerprint density at radius 2 is 1.79 bits per heavy atom. The lowest BCUT2D eigenvalue weighted by atomic mass is 10.1. The normalized spacial score (nSPS) is 9.89. The van der Waals surface area contributed by atoms with Crippen molar-refractivity contribution in [3.8, 4) is 6.07 Å². The number of rotatable bonds is 4. The smallest absolute Gasteiger partial charge is 0.0992 e. The first kappa shape index (κ1) is 12.9. The molecular formula is C15H15N3O. The van der Waals surface area contributed by atoms with Gasteiger partial charge >= 0.3 is 0 Å². The van der Waals surface area contributed by atoms with Crippen molar-refractivity contribution in [1.82, 2.24) is 0 Å². The molecule has 19 heavy (non-hydrogen) atoms. The Labute approximate surface area is 112 Å². The Morgan fingerprint density at radius 3 is 2.42 bits per heavy atom. The second-order valence-corrected chi connectivity index (χ2v) is 4.24. The van der Waals surface area contributed by atoms with Crippen molar-refractivity contribution in [2.45, 2.75) is 13.2 Å². The zero-order chi connectivity index (χ0) is 13.7. The summed E-state index contributed by atoms with van der Waals surface area (Å²) in [6.07, 6.45) is 0. The molecule has 0 amide bonds. The third-order valence-electron chi connectivity index (χ3n) is 2.87. The Balaban J connectivity index is 2.07. The minimum atomic E-state index is 0.0465. The number of nitrogens with zero attached hydrogens (tertiary/aromatic N) is 1. The SMILES string of the molecule is N#Cc1ccc(N)c(NCc2ccc(CO)cc2)c1. The van der Waals surface area contributed by atoms with Crippen LogP contribution in [0.15, 0.2) is 42.5 Å². The number of hydrogen-bond donors (Lipinski definition) is 3. The number of nitrogens with two attached hydrogens (primary N) is 1. The number of nitriles is 1. The van der Waals surface area contributed by atoms with Crippen LogP contribution in [0.5, 0.6) is 0 Å². The Morgan fingerprint density at radius 1 is 1.11 bits per heavy atom. The fourth-order valence-corrected chi connectivity index (χ4v) is 1.74. The molecule has 0 bridgehead atoms. The molecule has 4 N–H and O–H groups in total. The van der Waals surface area contributed by atoms with Crippen molar-refractivity contribution in [2.24, 2.45) is 0 Å². The fourth-order valence-electron chi connectivity index (χ4n) is 1.74. The van der Waals surface area contributed by atoms with E-state index in [0.717, 1.165) is 16.8 Å². The average molecular weight is 253 g/mol. The Kier molecular flexibility index (Phi) is 4.01. The van der Waals surface area contributed by atoms with Gasteiger partial charge in [-0.15, -0.1) is 0 Å². The topological polar surface area (TPSA) is 82.1 Å². The summed E-state index contributed by atoms with van der Waals surface area (Å²) in [5.74, 6) is 0. The van der Waals surface area contributed by atoms with Gasteiger partial charge in [0.15, 0.2) is 0 Å². The van der Waals surface area contributed by atoms with Crippen molar-refractivity contribution in [2.75, 3.05) is 11.1 Å². The molecule has 0 aliphatic rings. The maximum atomic E-state index is 8.97. The van der Waals surface area contributed by atoms with Gasteiger partial charge in [0.1, 0.15) is 0 Å². The number of aliphatic hydroxyl groups is 1. The van der Waals surface area contributed by atoms with Gasteiger partial charge in [-0.3, -0.25) is 0 Å². The molecule has 0 aromatic heterocycles. The van der Waals surface area contributed by atoms with Gasteiger partial charge in [0.05, 0.1) is 29.6 Å². The highest BCUT2D eigenvalue weighted by Crippen LogP contribution is 2.20. The van der Waals surface area contributed by atoms with Crippen LogP contribution in [-0.4, -0.2) is 5.11 Å². The van der Waals surface area contributed by atoms with Crippen LogP contribution >= 0.6 is 0 Å². The molecule has 2 aromatic carbocycles. The maximum Gasteiger partial charge on any atom is 0.0992 e. The molecule has 0 aliphatic carbocycles. The van der Waals surface area contributed by atoms with Gasteiger partial charge in [-0.2, -0.15) is 5.26 Å². The Bertz CT molecular complexity index is 600. The number of benzene rings is 2. The van der Waals surface area contributed by atoms with E-state index < -0.39 is 0 Å². The third kappa shape index (κ3) is 3.24. The van der Waals surface area contributed by atoms with Crippen molar-refractivity contribution in [3.63, 3.8) is 0 Å². The highest BCUT2D eigenvalue weighted by molar-refractivity contribution is 5.68. The van der Waals surface area contributed by atoms with E-state index in [1.54, 1.807) is 18.2 Å². The van der Waals surface area contributed by atoms with E-state index in [2.05, 4.69) is 11.4 Å². The van der Waals surface area contributed by atoms with Gasteiger partial charge in [-0.25, -0.2) is 0 Å². The molecular weight excluding hydrogens is 238 g/mol. The number of hydrogen-bond acceptors (Lipinski definition) is 4. The van der Waals surface area contributed by atoms with Crippen LogP contribution in [-0.2, 0) is 13.2 Å². The molecule has 96 valence electrons. The second kappa shape index (κ2) is 5.89. The summed E-state index contributed by atoms with van der Waals surface area (Å²) >= 11 is 0. The molecule has 4 heteroatoms. The standard InChI is InChI=1S/C15H15N3O/c16-8-13-5-6-14(17)15(7-13)18-9-11-1-3-12(10-19)4-2-11/h1-7,18-19H,9-10,17H2. The van der Waals surface area contributed by atoms with Gasteiger partial charge in [0.2, 0.25) is 0 Å².